The fraction of sp³-hybridized carbons (Fsp3) is 0.409. The highest BCUT2D eigenvalue weighted by atomic mass is 16.6. The van der Waals surface area contributed by atoms with E-state index in [-0.39, 0.29) is 35.4 Å². The molecule has 0 fully saturated rings. The number of ether oxygens (including phenoxy) is 3. The van der Waals surface area contributed by atoms with E-state index in [0.29, 0.717) is 0 Å². The number of benzene rings is 2. The van der Waals surface area contributed by atoms with Crippen LogP contribution in [0, 0.1) is 10.1 Å². The molecular weight excluding hydrogens is 402 g/mol. The summed E-state index contributed by atoms with van der Waals surface area (Å²) in [6.07, 6.45) is 0. The number of methoxy groups -OCH3 is 3. The number of carbonyl (C=O) groups is 1. The first-order chi connectivity index (χ1) is 14.9. The normalized spacial score (nSPS) is 11.7. The first-order valence-electron chi connectivity index (χ1n) is 9.97. The Morgan fingerprint density at radius 1 is 1.06 bits per heavy atom. The van der Waals surface area contributed by atoms with Crippen LogP contribution in [0.1, 0.15) is 35.8 Å². The maximum atomic E-state index is 13.1. The second-order valence-corrected chi connectivity index (χ2v) is 6.66. The molecule has 168 valence electrons. The Hall–Kier alpha value is -3.33. The van der Waals surface area contributed by atoms with E-state index in [0.717, 1.165) is 18.7 Å². The number of hydrogen-bond acceptors (Lipinski definition) is 7. The molecule has 9 heteroatoms. The zero-order chi connectivity index (χ0) is 23.0. The van der Waals surface area contributed by atoms with Crippen LogP contribution in [0.4, 0.5) is 5.69 Å². The summed E-state index contributed by atoms with van der Waals surface area (Å²) in [5.74, 6) is -0.545. The lowest BCUT2D eigenvalue weighted by atomic mass is 10.0. The second kappa shape index (κ2) is 11.2. The van der Waals surface area contributed by atoms with Crippen molar-refractivity contribution >= 4 is 11.6 Å². The van der Waals surface area contributed by atoms with E-state index < -0.39 is 16.5 Å². The van der Waals surface area contributed by atoms with Crippen LogP contribution in [0.15, 0.2) is 36.4 Å². The van der Waals surface area contributed by atoms with Gasteiger partial charge in [-0.25, -0.2) is 0 Å². The first kappa shape index (κ1) is 23.9. The highest BCUT2D eigenvalue weighted by Crippen LogP contribution is 2.46. The summed E-state index contributed by atoms with van der Waals surface area (Å²) < 4.78 is 15.7. The molecule has 0 radical (unpaired) electrons. The Labute approximate surface area is 182 Å². The molecule has 0 spiro atoms. The zero-order valence-corrected chi connectivity index (χ0v) is 18.5. The van der Waals surface area contributed by atoms with Gasteiger partial charge < -0.3 is 19.5 Å². The van der Waals surface area contributed by atoms with Crippen molar-refractivity contribution in [1.29, 1.82) is 0 Å². The van der Waals surface area contributed by atoms with Crippen LogP contribution in [-0.4, -0.2) is 56.7 Å². The molecule has 0 aromatic heterocycles. The molecule has 0 saturated heterocycles. The molecule has 1 amide bonds. The highest BCUT2D eigenvalue weighted by Gasteiger charge is 2.32. The highest BCUT2D eigenvalue weighted by molar-refractivity contribution is 6.00. The lowest BCUT2D eigenvalue weighted by Crippen LogP contribution is -2.38. The van der Waals surface area contributed by atoms with Crippen LogP contribution in [0.5, 0.6) is 17.2 Å². The van der Waals surface area contributed by atoms with Crippen LogP contribution in [0.2, 0.25) is 0 Å². The van der Waals surface area contributed by atoms with Crippen LogP contribution in [0.3, 0.4) is 0 Å². The topological polar surface area (TPSA) is 103 Å². The molecule has 31 heavy (non-hydrogen) atoms. The fourth-order valence-corrected chi connectivity index (χ4v) is 3.58. The van der Waals surface area contributed by atoms with Gasteiger partial charge in [-0.05, 0) is 18.7 Å². The van der Waals surface area contributed by atoms with E-state index in [1.807, 2.05) is 44.2 Å². The molecule has 2 aromatic carbocycles. The average Bonchev–Trinajstić information content (AvgIpc) is 2.80. The molecule has 9 nitrogen and oxygen atoms in total. The van der Waals surface area contributed by atoms with Gasteiger partial charge in [-0.3, -0.25) is 19.8 Å². The van der Waals surface area contributed by atoms with Crippen LogP contribution < -0.4 is 19.5 Å². The number of likely N-dealkylation sites (N-methyl/N-ethyl adjacent to an activating group) is 1. The van der Waals surface area contributed by atoms with Gasteiger partial charge in [-0.1, -0.05) is 44.2 Å². The Bertz CT molecular complexity index is 900. The van der Waals surface area contributed by atoms with Crippen molar-refractivity contribution in [3.05, 3.63) is 57.6 Å². The Balaban J connectivity index is 2.42. The number of nitro benzene ring substituents is 1. The summed E-state index contributed by atoms with van der Waals surface area (Å²) in [4.78, 5) is 26.4. The van der Waals surface area contributed by atoms with Gasteiger partial charge in [0.2, 0.25) is 11.5 Å². The maximum Gasteiger partial charge on any atom is 0.327 e. The Morgan fingerprint density at radius 3 is 2.16 bits per heavy atom. The zero-order valence-electron chi connectivity index (χ0n) is 18.5. The molecule has 2 rings (SSSR count). The second-order valence-electron chi connectivity index (χ2n) is 6.66. The van der Waals surface area contributed by atoms with Gasteiger partial charge in [0.15, 0.2) is 5.75 Å². The van der Waals surface area contributed by atoms with Gasteiger partial charge >= 0.3 is 5.69 Å². The summed E-state index contributed by atoms with van der Waals surface area (Å²) in [6.45, 7) is 5.95. The molecule has 0 aliphatic carbocycles. The molecule has 0 bridgehead atoms. The third-order valence-corrected chi connectivity index (χ3v) is 5.12. The lowest BCUT2D eigenvalue weighted by Gasteiger charge is -2.30. The van der Waals surface area contributed by atoms with E-state index in [4.69, 9.17) is 14.2 Å². The summed E-state index contributed by atoms with van der Waals surface area (Å²) in [5.41, 5.74) is 0.411. The monoisotopic (exact) mass is 431 g/mol. The number of amides is 1. The quantitative estimate of drug-likeness (QED) is 0.429. The Kier molecular flexibility index (Phi) is 8.63. The van der Waals surface area contributed by atoms with Gasteiger partial charge in [0, 0.05) is 12.6 Å². The number of carbonyl (C=O) groups excluding carboxylic acids is 1. The van der Waals surface area contributed by atoms with Gasteiger partial charge in [0.25, 0.3) is 5.91 Å². The van der Waals surface area contributed by atoms with Gasteiger partial charge in [-0.2, -0.15) is 0 Å². The van der Waals surface area contributed by atoms with Crippen molar-refractivity contribution < 1.29 is 23.9 Å². The van der Waals surface area contributed by atoms with Gasteiger partial charge in [0.05, 0.1) is 32.3 Å². The lowest BCUT2D eigenvalue weighted by molar-refractivity contribution is -0.386. The fourth-order valence-electron chi connectivity index (χ4n) is 3.58. The van der Waals surface area contributed by atoms with Crippen molar-refractivity contribution in [1.82, 2.24) is 10.2 Å². The molecule has 1 N–H and O–H groups in total. The Morgan fingerprint density at radius 2 is 1.68 bits per heavy atom. The molecule has 1 atom stereocenters. The minimum atomic E-state index is -0.658. The third kappa shape index (κ3) is 5.24. The minimum absolute atomic E-state index is 0.0542. The SMILES string of the molecule is CCN(CC)C(CNC(=O)c1cc(OC)c(OC)c(OC)c1[N+](=O)[O-])c1ccccc1. The van der Waals surface area contributed by atoms with Crippen LogP contribution in [-0.2, 0) is 0 Å². The van der Waals surface area contributed by atoms with Crippen molar-refractivity contribution in [2.45, 2.75) is 19.9 Å². The molecule has 0 saturated carbocycles. The smallest absolute Gasteiger partial charge is 0.327 e. The van der Waals surface area contributed by atoms with E-state index >= 15 is 0 Å². The molecule has 2 aromatic rings. The molecule has 0 aliphatic heterocycles. The van der Waals surface area contributed by atoms with Crippen molar-refractivity contribution in [2.24, 2.45) is 0 Å². The first-order valence-corrected chi connectivity index (χ1v) is 9.97. The number of nitrogens with one attached hydrogen (secondary N) is 1. The van der Waals surface area contributed by atoms with E-state index in [1.165, 1.54) is 27.4 Å². The van der Waals surface area contributed by atoms with Crippen LogP contribution in [0.25, 0.3) is 0 Å². The van der Waals surface area contributed by atoms with E-state index in [9.17, 15) is 14.9 Å². The van der Waals surface area contributed by atoms with Crippen molar-refractivity contribution in [3.8, 4) is 17.2 Å². The molecule has 0 heterocycles. The standard InChI is InChI=1S/C22H29N3O6/c1-6-24(7-2)17(15-11-9-8-10-12-15)14-23-22(26)16-13-18(29-3)20(30-4)21(31-5)19(16)25(27)28/h8-13,17H,6-7,14H2,1-5H3,(H,23,26). The predicted octanol–water partition coefficient (Wildman–Crippen LogP) is 3.43. The van der Waals surface area contributed by atoms with E-state index in [1.54, 1.807) is 0 Å². The summed E-state index contributed by atoms with van der Waals surface area (Å²) in [7, 11) is 4.01. The molecular formula is C22H29N3O6. The van der Waals surface area contributed by atoms with Crippen molar-refractivity contribution in [2.75, 3.05) is 41.0 Å². The summed E-state index contributed by atoms with van der Waals surface area (Å²) in [6, 6.07) is 11.0. The number of rotatable bonds is 11. The molecule has 1 unspecified atom stereocenters. The van der Waals surface area contributed by atoms with Gasteiger partial charge in [-0.15, -0.1) is 0 Å². The van der Waals surface area contributed by atoms with Gasteiger partial charge in [0.1, 0.15) is 5.56 Å². The number of nitro groups is 1. The predicted molar refractivity (Wildman–Crippen MR) is 117 cm³/mol. The number of nitrogens with zero attached hydrogens (tertiary/aromatic N) is 2. The minimum Gasteiger partial charge on any atom is -0.493 e. The summed E-state index contributed by atoms with van der Waals surface area (Å²) in [5, 5.41) is 14.6. The number of hydrogen-bond donors (Lipinski definition) is 1. The third-order valence-electron chi connectivity index (χ3n) is 5.12. The molecule has 0 aliphatic rings. The van der Waals surface area contributed by atoms with Crippen molar-refractivity contribution in [3.63, 3.8) is 0 Å². The van der Waals surface area contributed by atoms with Crippen LogP contribution >= 0.6 is 0 Å². The summed E-state index contributed by atoms with van der Waals surface area (Å²) >= 11 is 0. The largest absolute Gasteiger partial charge is 0.493 e. The average molecular weight is 431 g/mol. The maximum absolute atomic E-state index is 13.1. The van der Waals surface area contributed by atoms with E-state index in [2.05, 4.69) is 10.2 Å².